The van der Waals surface area contributed by atoms with Gasteiger partial charge in [0.2, 0.25) is 0 Å². The molecule has 4 atom stereocenters. The molecule has 0 aromatic rings. The van der Waals surface area contributed by atoms with Gasteiger partial charge in [-0.2, -0.15) is 0 Å². The Labute approximate surface area is 91.2 Å². The van der Waals surface area contributed by atoms with Crippen LogP contribution in [0.5, 0.6) is 0 Å². The molecule has 0 heterocycles. The molecule has 1 aliphatic rings. The Morgan fingerprint density at radius 3 is 1.73 bits per heavy atom. The van der Waals surface area contributed by atoms with Gasteiger partial charge in [0.15, 0.2) is 0 Å². The predicted octanol–water partition coefficient (Wildman–Crippen LogP) is 0.702. The molecule has 1 fully saturated rings. The maximum absolute atomic E-state index is 9.11. The third-order valence-electron chi connectivity index (χ3n) is 2.49. The molecule has 0 saturated heterocycles. The van der Waals surface area contributed by atoms with E-state index >= 15 is 0 Å². The molecule has 0 radical (unpaired) electrons. The van der Waals surface area contributed by atoms with E-state index in [2.05, 4.69) is 0 Å². The van der Waals surface area contributed by atoms with Crippen molar-refractivity contribution in [1.82, 2.24) is 0 Å². The third-order valence-corrected chi connectivity index (χ3v) is 2.49. The number of aliphatic hydroxyl groups is 2. The highest BCUT2D eigenvalue weighted by molar-refractivity contribution is 4.79. The van der Waals surface area contributed by atoms with Crippen LogP contribution in [0.3, 0.4) is 0 Å². The van der Waals surface area contributed by atoms with Gasteiger partial charge in [0.25, 0.3) is 0 Å². The fourth-order valence-electron chi connectivity index (χ4n) is 1.80. The highest BCUT2D eigenvalue weighted by Gasteiger charge is 2.29. The molecule has 1 rings (SSSR count). The summed E-state index contributed by atoms with van der Waals surface area (Å²) in [6.45, 7) is 4.14. The van der Waals surface area contributed by atoms with Crippen LogP contribution in [-0.2, 0) is 9.47 Å². The molecule has 0 aromatic heterocycles. The van der Waals surface area contributed by atoms with Crippen molar-refractivity contribution in [2.45, 2.75) is 57.5 Å². The first-order valence-corrected chi connectivity index (χ1v) is 5.69. The van der Waals surface area contributed by atoms with Crippen molar-refractivity contribution in [3.63, 3.8) is 0 Å². The number of hydrogen-bond acceptors (Lipinski definition) is 4. The zero-order valence-electron chi connectivity index (χ0n) is 9.56. The van der Waals surface area contributed by atoms with Gasteiger partial charge in [0.05, 0.1) is 37.6 Å². The number of aliphatic hydroxyl groups excluding tert-OH is 2. The molecule has 15 heavy (non-hydrogen) atoms. The van der Waals surface area contributed by atoms with Crippen LogP contribution in [0.25, 0.3) is 0 Å². The van der Waals surface area contributed by atoms with Crippen molar-refractivity contribution in [2.75, 3.05) is 13.2 Å². The van der Waals surface area contributed by atoms with E-state index in [1.54, 1.807) is 13.8 Å². The third kappa shape index (κ3) is 4.93. The number of ether oxygens (including phenoxy) is 2. The summed E-state index contributed by atoms with van der Waals surface area (Å²) in [6.07, 6.45) is 2.37. The lowest BCUT2D eigenvalue weighted by Gasteiger charge is -2.22. The van der Waals surface area contributed by atoms with Crippen LogP contribution in [0.15, 0.2) is 0 Å². The summed E-state index contributed by atoms with van der Waals surface area (Å²) in [5.41, 5.74) is 0. The summed E-state index contributed by atoms with van der Waals surface area (Å²) in [6, 6.07) is 0. The zero-order valence-corrected chi connectivity index (χ0v) is 9.56. The molecule has 0 bridgehead atoms. The second-order valence-electron chi connectivity index (χ2n) is 4.37. The summed E-state index contributed by atoms with van der Waals surface area (Å²) < 4.78 is 11.1. The average molecular weight is 218 g/mol. The number of rotatable bonds is 6. The molecule has 1 saturated carbocycles. The van der Waals surface area contributed by atoms with Gasteiger partial charge in [-0.25, -0.2) is 0 Å². The molecule has 0 aliphatic heterocycles. The van der Waals surface area contributed by atoms with Gasteiger partial charge < -0.3 is 19.7 Å². The van der Waals surface area contributed by atoms with E-state index in [9.17, 15) is 0 Å². The number of hydrogen-bond donors (Lipinski definition) is 2. The first-order valence-electron chi connectivity index (χ1n) is 5.69. The molecule has 0 aromatic carbocycles. The molecule has 4 nitrogen and oxygen atoms in total. The van der Waals surface area contributed by atoms with Gasteiger partial charge in [-0.3, -0.25) is 0 Å². The molecule has 2 N–H and O–H groups in total. The van der Waals surface area contributed by atoms with Gasteiger partial charge in [-0.15, -0.1) is 0 Å². The van der Waals surface area contributed by atoms with Crippen molar-refractivity contribution in [1.29, 1.82) is 0 Å². The SMILES string of the molecule is CC(O)COC1CCCC1OCC(C)O. The summed E-state index contributed by atoms with van der Waals surface area (Å²) in [5, 5.41) is 18.2. The predicted molar refractivity (Wildman–Crippen MR) is 56.7 cm³/mol. The quantitative estimate of drug-likeness (QED) is 0.689. The molecule has 90 valence electrons. The Kier molecular flexibility index (Phi) is 5.53. The van der Waals surface area contributed by atoms with Crippen LogP contribution in [-0.4, -0.2) is 47.8 Å². The highest BCUT2D eigenvalue weighted by Crippen LogP contribution is 2.25. The summed E-state index contributed by atoms with van der Waals surface area (Å²) in [5.74, 6) is 0. The van der Waals surface area contributed by atoms with Crippen molar-refractivity contribution >= 4 is 0 Å². The smallest absolute Gasteiger partial charge is 0.0838 e. The Morgan fingerprint density at radius 2 is 1.40 bits per heavy atom. The largest absolute Gasteiger partial charge is 0.391 e. The lowest BCUT2D eigenvalue weighted by molar-refractivity contribution is -0.0884. The minimum absolute atomic E-state index is 0.0818. The van der Waals surface area contributed by atoms with Gasteiger partial charge >= 0.3 is 0 Å². The first kappa shape index (κ1) is 12.9. The molecule has 4 unspecified atom stereocenters. The minimum Gasteiger partial charge on any atom is -0.391 e. The van der Waals surface area contributed by atoms with Crippen molar-refractivity contribution in [3.8, 4) is 0 Å². The normalized spacial score (nSPS) is 30.4. The maximum Gasteiger partial charge on any atom is 0.0838 e. The van der Waals surface area contributed by atoms with Crippen LogP contribution in [0, 0.1) is 0 Å². The Bertz CT molecular complexity index is 152. The van der Waals surface area contributed by atoms with Crippen LogP contribution in [0.2, 0.25) is 0 Å². The summed E-state index contributed by atoms with van der Waals surface area (Å²) >= 11 is 0. The van der Waals surface area contributed by atoms with Gasteiger partial charge in [0.1, 0.15) is 0 Å². The standard InChI is InChI=1S/C11H22O4/c1-8(12)6-14-10-4-3-5-11(10)15-7-9(2)13/h8-13H,3-7H2,1-2H3. The van der Waals surface area contributed by atoms with Crippen LogP contribution in [0.1, 0.15) is 33.1 Å². The maximum atomic E-state index is 9.11. The van der Waals surface area contributed by atoms with E-state index in [1.165, 1.54) is 0 Å². The molecule has 0 amide bonds. The van der Waals surface area contributed by atoms with E-state index in [4.69, 9.17) is 19.7 Å². The molecule has 4 heteroatoms. The van der Waals surface area contributed by atoms with E-state index in [0.717, 1.165) is 19.3 Å². The fraction of sp³-hybridized carbons (Fsp3) is 1.00. The van der Waals surface area contributed by atoms with Crippen molar-refractivity contribution in [3.05, 3.63) is 0 Å². The highest BCUT2D eigenvalue weighted by atomic mass is 16.5. The van der Waals surface area contributed by atoms with E-state index in [-0.39, 0.29) is 12.2 Å². The van der Waals surface area contributed by atoms with Crippen LogP contribution < -0.4 is 0 Å². The second-order valence-corrected chi connectivity index (χ2v) is 4.37. The Hall–Kier alpha value is -0.160. The Morgan fingerprint density at radius 1 is 1.00 bits per heavy atom. The summed E-state index contributed by atoms with van der Waals surface area (Å²) in [7, 11) is 0. The fourth-order valence-corrected chi connectivity index (χ4v) is 1.80. The molecular weight excluding hydrogens is 196 g/mol. The minimum atomic E-state index is -0.428. The molecule has 0 spiro atoms. The summed E-state index contributed by atoms with van der Waals surface area (Å²) in [4.78, 5) is 0. The van der Waals surface area contributed by atoms with E-state index in [1.807, 2.05) is 0 Å². The topological polar surface area (TPSA) is 58.9 Å². The van der Waals surface area contributed by atoms with Gasteiger partial charge in [-0.1, -0.05) is 0 Å². The van der Waals surface area contributed by atoms with Crippen molar-refractivity contribution in [2.24, 2.45) is 0 Å². The first-order chi connectivity index (χ1) is 7.09. The van der Waals surface area contributed by atoms with Crippen LogP contribution >= 0.6 is 0 Å². The van der Waals surface area contributed by atoms with Gasteiger partial charge in [-0.05, 0) is 33.1 Å². The lowest BCUT2D eigenvalue weighted by atomic mass is 10.2. The average Bonchev–Trinajstić information content (AvgIpc) is 2.58. The molecular formula is C11H22O4. The zero-order chi connectivity index (χ0) is 11.3. The molecule has 1 aliphatic carbocycles. The van der Waals surface area contributed by atoms with Crippen molar-refractivity contribution < 1.29 is 19.7 Å². The van der Waals surface area contributed by atoms with E-state index in [0.29, 0.717) is 13.2 Å². The van der Waals surface area contributed by atoms with Gasteiger partial charge in [0, 0.05) is 0 Å². The van der Waals surface area contributed by atoms with E-state index < -0.39 is 12.2 Å². The second kappa shape index (κ2) is 6.43. The monoisotopic (exact) mass is 218 g/mol. The van der Waals surface area contributed by atoms with Crippen LogP contribution in [0.4, 0.5) is 0 Å². The Balaban J connectivity index is 2.23. The lowest BCUT2D eigenvalue weighted by Crippen LogP contribution is -2.30.